The molecule has 2 unspecified atom stereocenters. The van der Waals surface area contributed by atoms with Crippen LogP contribution in [0.1, 0.15) is 31.7 Å². The largest absolute Gasteiger partial charge is 0.343 e. The van der Waals surface area contributed by atoms with Gasteiger partial charge in [0.15, 0.2) is 0 Å². The second-order valence-electron chi connectivity index (χ2n) is 4.96. The molecule has 2 rings (SSSR count). The molecule has 0 bridgehead atoms. The lowest BCUT2D eigenvalue weighted by atomic mass is 10.0. The molecule has 20 heavy (non-hydrogen) atoms. The Labute approximate surface area is 123 Å². The van der Waals surface area contributed by atoms with E-state index < -0.39 is 12.1 Å². The number of hydrogen-bond donors (Lipinski definition) is 2. The van der Waals surface area contributed by atoms with Crippen molar-refractivity contribution in [3.8, 4) is 0 Å². The molecule has 2 atom stereocenters. The summed E-state index contributed by atoms with van der Waals surface area (Å²) in [6, 6.07) is 2.53. The lowest BCUT2D eigenvalue weighted by molar-refractivity contribution is -0.136. The number of hydrogen-bond acceptors (Lipinski definition) is 3. The van der Waals surface area contributed by atoms with Gasteiger partial charge in [0.05, 0.1) is 0 Å². The molecule has 1 aromatic heterocycles. The fourth-order valence-corrected chi connectivity index (χ4v) is 2.31. The molecule has 1 aliphatic heterocycles. The number of nitrogens with one attached hydrogen (secondary N) is 2. The summed E-state index contributed by atoms with van der Waals surface area (Å²) in [5.41, 5.74) is 0.863. The Morgan fingerprint density at radius 3 is 2.55 bits per heavy atom. The van der Waals surface area contributed by atoms with Crippen LogP contribution in [0, 0.1) is 0 Å². The second-order valence-corrected chi connectivity index (χ2v) is 5.35. The van der Waals surface area contributed by atoms with E-state index in [-0.39, 0.29) is 11.8 Å². The maximum absolute atomic E-state index is 12.0. The molecule has 1 aromatic rings. The first kappa shape index (κ1) is 14.8. The van der Waals surface area contributed by atoms with E-state index in [1.54, 1.807) is 18.3 Å². The summed E-state index contributed by atoms with van der Waals surface area (Å²) in [6.07, 6.45) is 4.64. The molecule has 2 N–H and O–H groups in total. The van der Waals surface area contributed by atoms with Crippen LogP contribution in [0.5, 0.6) is 0 Å². The van der Waals surface area contributed by atoms with Crippen molar-refractivity contribution in [2.45, 2.75) is 44.7 Å². The zero-order valence-corrected chi connectivity index (χ0v) is 12.1. The van der Waals surface area contributed by atoms with Crippen molar-refractivity contribution in [3.63, 3.8) is 0 Å². The van der Waals surface area contributed by atoms with Crippen molar-refractivity contribution >= 4 is 23.4 Å². The number of amides is 2. The van der Waals surface area contributed by atoms with E-state index in [4.69, 9.17) is 11.6 Å². The van der Waals surface area contributed by atoms with Gasteiger partial charge in [-0.2, -0.15) is 0 Å². The fourth-order valence-electron chi connectivity index (χ4n) is 2.19. The number of aromatic nitrogens is 1. The molecule has 0 spiro atoms. The average molecular weight is 296 g/mol. The van der Waals surface area contributed by atoms with Gasteiger partial charge < -0.3 is 10.6 Å². The van der Waals surface area contributed by atoms with Gasteiger partial charge in [-0.3, -0.25) is 9.59 Å². The van der Waals surface area contributed by atoms with Crippen molar-refractivity contribution in [1.82, 2.24) is 15.6 Å². The Kier molecular flexibility index (Phi) is 4.95. The number of halogens is 1. The van der Waals surface area contributed by atoms with Gasteiger partial charge in [0.25, 0.3) is 0 Å². The highest BCUT2D eigenvalue weighted by molar-refractivity contribution is 6.29. The first-order valence-electron chi connectivity index (χ1n) is 6.81. The number of nitrogens with zero attached hydrogens (tertiary/aromatic N) is 1. The lowest BCUT2D eigenvalue weighted by Crippen LogP contribution is -2.62. The van der Waals surface area contributed by atoms with Crippen LogP contribution in [0.25, 0.3) is 0 Å². The van der Waals surface area contributed by atoms with E-state index >= 15 is 0 Å². The molecule has 0 aromatic carbocycles. The Morgan fingerprint density at radius 2 is 1.90 bits per heavy atom. The molecule has 2 amide bonds. The third-order valence-electron chi connectivity index (χ3n) is 3.34. The predicted octanol–water partition coefficient (Wildman–Crippen LogP) is 1.45. The second kappa shape index (κ2) is 6.70. The van der Waals surface area contributed by atoms with E-state index in [1.807, 2.05) is 0 Å². The summed E-state index contributed by atoms with van der Waals surface area (Å²) < 4.78 is 0. The van der Waals surface area contributed by atoms with Gasteiger partial charge in [-0.05, 0) is 18.1 Å². The first-order valence-corrected chi connectivity index (χ1v) is 7.19. The van der Waals surface area contributed by atoms with E-state index in [9.17, 15) is 9.59 Å². The van der Waals surface area contributed by atoms with Gasteiger partial charge in [-0.25, -0.2) is 4.98 Å². The standard InChI is InChI=1S/C14H18ClN3O2/c1-2-3-4-10-13(19)18-11(14(20)17-10)7-9-5-6-12(15)16-8-9/h5-6,8,10-11H,2-4,7H2,1H3,(H,17,20)(H,18,19). The van der Waals surface area contributed by atoms with E-state index in [2.05, 4.69) is 22.5 Å². The summed E-state index contributed by atoms with van der Waals surface area (Å²) in [4.78, 5) is 27.9. The van der Waals surface area contributed by atoms with Gasteiger partial charge in [-0.1, -0.05) is 37.4 Å². The average Bonchev–Trinajstić information content (AvgIpc) is 2.43. The van der Waals surface area contributed by atoms with Gasteiger partial charge in [0.2, 0.25) is 11.8 Å². The maximum Gasteiger partial charge on any atom is 0.243 e. The van der Waals surface area contributed by atoms with Crippen molar-refractivity contribution in [2.24, 2.45) is 0 Å². The molecule has 1 saturated heterocycles. The minimum atomic E-state index is -0.539. The molecular formula is C14H18ClN3O2. The summed E-state index contributed by atoms with van der Waals surface area (Å²) in [7, 11) is 0. The predicted molar refractivity (Wildman–Crippen MR) is 76.3 cm³/mol. The molecule has 0 saturated carbocycles. The summed E-state index contributed by atoms with van der Waals surface area (Å²) >= 11 is 5.71. The first-order chi connectivity index (χ1) is 9.60. The Bertz CT molecular complexity index is 490. The quantitative estimate of drug-likeness (QED) is 0.808. The number of carbonyl (C=O) groups excluding carboxylic acids is 2. The number of unbranched alkanes of at least 4 members (excludes halogenated alkanes) is 1. The molecule has 2 heterocycles. The number of rotatable bonds is 5. The fraction of sp³-hybridized carbons (Fsp3) is 0.500. The minimum Gasteiger partial charge on any atom is -0.343 e. The molecule has 1 aliphatic rings. The summed E-state index contributed by atoms with van der Waals surface area (Å²) in [6.45, 7) is 2.05. The van der Waals surface area contributed by atoms with Crippen LogP contribution in [0.15, 0.2) is 18.3 Å². The Hall–Kier alpha value is -1.62. The molecule has 1 fully saturated rings. The van der Waals surface area contributed by atoms with Gasteiger partial charge in [0.1, 0.15) is 17.2 Å². The highest BCUT2D eigenvalue weighted by Gasteiger charge is 2.32. The third kappa shape index (κ3) is 3.70. The van der Waals surface area contributed by atoms with Gasteiger partial charge in [0, 0.05) is 12.6 Å². The van der Waals surface area contributed by atoms with Gasteiger partial charge >= 0.3 is 0 Å². The highest BCUT2D eigenvalue weighted by atomic mass is 35.5. The number of carbonyl (C=O) groups is 2. The molecule has 5 nitrogen and oxygen atoms in total. The van der Waals surface area contributed by atoms with Crippen molar-refractivity contribution in [3.05, 3.63) is 29.0 Å². The van der Waals surface area contributed by atoms with Crippen molar-refractivity contribution < 1.29 is 9.59 Å². The number of piperazine rings is 1. The molecule has 108 valence electrons. The normalized spacial score (nSPS) is 22.3. The van der Waals surface area contributed by atoms with E-state index in [1.165, 1.54) is 0 Å². The van der Waals surface area contributed by atoms with Crippen LogP contribution in [0.4, 0.5) is 0 Å². The monoisotopic (exact) mass is 295 g/mol. The smallest absolute Gasteiger partial charge is 0.243 e. The van der Waals surface area contributed by atoms with Crippen LogP contribution < -0.4 is 10.6 Å². The van der Waals surface area contributed by atoms with Gasteiger partial charge in [-0.15, -0.1) is 0 Å². The van der Waals surface area contributed by atoms with Crippen molar-refractivity contribution in [1.29, 1.82) is 0 Å². The highest BCUT2D eigenvalue weighted by Crippen LogP contribution is 2.11. The van der Waals surface area contributed by atoms with Crippen LogP contribution in [0.3, 0.4) is 0 Å². The van der Waals surface area contributed by atoms with Crippen LogP contribution >= 0.6 is 11.6 Å². The summed E-state index contributed by atoms with van der Waals surface area (Å²) in [5, 5.41) is 5.97. The zero-order valence-electron chi connectivity index (χ0n) is 11.4. The van der Waals surface area contributed by atoms with Crippen LogP contribution in [0.2, 0.25) is 5.15 Å². The molecule has 0 radical (unpaired) electrons. The number of pyridine rings is 1. The van der Waals surface area contributed by atoms with E-state index in [0.29, 0.717) is 18.0 Å². The minimum absolute atomic E-state index is 0.107. The van der Waals surface area contributed by atoms with Crippen molar-refractivity contribution in [2.75, 3.05) is 0 Å². The molecular weight excluding hydrogens is 278 g/mol. The van der Waals surface area contributed by atoms with E-state index in [0.717, 1.165) is 18.4 Å². The molecule has 6 heteroatoms. The Morgan fingerprint density at radius 1 is 1.20 bits per heavy atom. The third-order valence-corrected chi connectivity index (χ3v) is 3.56. The topological polar surface area (TPSA) is 71.1 Å². The zero-order chi connectivity index (χ0) is 14.5. The molecule has 0 aliphatic carbocycles. The lowest BCUT2D eigenvalue weighted by Gasteiger charge is -2.29. The van der Waals surface area contributed by atoms with Crippen LogP contribution in [-0.2, 0) is 16.0 Å². The summed E-state index contributed by atoms with van der Waals surface area (Å²) in [5.74, 6) is -0.245. The SMILES string of the molecule is CCCCC1NC(=O)C(Cc2ccc(Cl)nc2)NC1=O. The Balaban J connectivity index is 1.96. The van der Waals surface area contributed by atoms with Crippen LogP contribution in [-0.4, -0.2) is 28.9 Å². The maximum atomic E-state index is 12.0.